The van der Waals surface area contributed by atoms with Crippen LogP contribution in [-0.4, -0.2) is 32.5 Å². The third-order valence-electron chi connectivity index (χ3n) is 4.86. The van der Waals surface area contributed by atoms with E-state index in [9.17, 15) is 4.79 Å². The first kappa shape index (κ1) is 18.0. The van der Waals surface area contributed by atoms with Gasteiger partial charge in [0, 0.05) is 6.04 Å². The summed E-state index contributed by atoms with van der Waals surface area (Å²) < 4.78 is 2.02. The van der Waals surface area contributed by atoms with E-state index in [2.05, 4.69) is 41.5 Å². The molecule has 1 fully saturated rings. The zero-order chi connectivity index (χ0) is 17.8. The van der Waals surface area contributed by atoms with Gasteiger partial charge in [-0.25, -0.2) is 0 Å². The number of benzene rings is 1. The van der Waals surface area contributed by atoms with Crippen molar-refractivity contribution in [3.05, 3.63) is 35.7 Å². The third-order valence-corrected chi connectivity index (χ3v) is 5.79. The Balaban J connectivity index is 1.62. The highest BCUT2D eigenvalue weighted by Crippen LogP contribution is 2.25. The number of nitrogens with one attached hydrogen (secondary N) is 1. The van der Waals surface area contributed by atoms with Gasteiger partial charge in [0.05, 0.1) is 11.4 Å². The summed E-state index contributed by atoms with van der Waals surface area (Å²) >= 11 is 1.45. The Morgan fingerprint density at radius 1 is 1.20 bits per heavy atom. The summed E-state index contributed by atoms with van der Waals surface area (Å²) in [6.07, 6.45) is 4.60. The number of hydrogen-bond acceptors (Lipinski definition) is 4. The fourth-order valence-corrected chi connectivity index (χ4v) is 4.13. The monoisotopic (exact) mass is 358 g/mol. The predicted octanol–water partition coefficient (Wildman–Crippen LogP) is 3.67. The Kier molecular flexibility index (Phi) is 5.78. The van der Waals surface area contributed by atoms with E-state index in [1.54, 1.807) is 0 Å². The van der Waals surface area contributed by atoms with Crippen LogP contribution in [0.3, 0.4) is 0 Å². The molecule has 0 spiro atoms. The van der Waals surface area contributed by atoms with Crippen molar-refractivity contribution in [3.8, 4) is 5.69 Å². The highest BCUT2D eigenvalue weighted by Gasteiger charge is 2.20. The van der Waals surface area contributed by atoms with Gasteiger partial charge in [-0.15, -0.1) is 10.2 Å². The van der Waals surface area contributed by atoms with Crippen LogP contribution >= 0.6 is 11.8 Å². The molecule has 2 aromatic rings. The first-order chi connectivity index (χ1) is 12.0. The Bertz CT molecular complexity index is 735. The number of thioether (sulfide) groups is 1. The smallest absolute Gasteiger partial charge is 0.230 e. The van der Waals surface area contributed by atoms with E-state index < -0.39 is 0 Å². The normalized spacial score (nSPS) is 20.4. The zero-order valence-corrected chi connectivity index (χ0v) is 16.0. The van der Waals surface area contributed by atoms with Crippen LogP contribution in [0, 0.1) is 19.8 Å². The van der Waals surface area contributed by atoms with Crippen molar-refractivity contribution >= 4 is 17.7 Å². The fourth-order valence-electron chi connectivity index (χ4n) is 3.33. The van der Waals surface area contributed by atoms with Gasteiger partial charge < -0.3 is 5.32 Å². The van der Waals surface area contributed by atoms with Gasteiger partial charge in [-0.3, -0.25) is 9.36 Å². The minimum Gasteiger partial charge on any atom is -0.353 e. The molecule has 1 N–H and O–H groups in total. The van der Waals surface area contributed by atoms with Crippen molar-refractivity contribution in [1.82, 2.24) is 20.1 Å². The molecule has 0 aliphatic heterocycles. The van der Waals surface area contributed by atoms with Crippen LogP contribution in [-0.2, 0) is 4.79 Å². The minimum atomic E-state index is 0.0848. The zero-order valence-electron chi connectivity index (χ0n) is 15.2. The molecule has 134 valence electrons. The minimum absolute atomic E-state index is 0.0848. The lowest BCUT2D eigenvalue weighted by Crippen LogP contribution is -2.38. The molecule has 1 amide bonds. The Morgan fingerprint density at radius 3 is 2.64 bits per heavy atom. The summed E-state index contributed by atoms with van der Waals surface area (Å²) in [6.45, 7) is 6.29. The molecule has 1 aromatic heterocycles. The molecule has 0 bridgehead atoms. The van der Waals surface area contributed by atoms with Gasteiger partial charge in [0.15, 0.2) is 5.16 Å². The number of aryl methyl sites for hydroxylation is 2. The number of amides is 1. The molecule has 0 radical (unpaired) electrons. The third kappa shape index (κ3) is 4.42. The second kappa shape index (κ2) is 8.04. The average Bonchev–Trinajstić information content (AvgIpc) is 2.96. The van der Waals surface area contributed by atoms with Gasteiger partial charge in [-0.05, 0) is 57.1 Å². The second-order valence-electron chi connectivity index (χ2n) is 6.96. The van der Waals surface area contributed by atoms with Crippen LogP contribution in [0.25, 0.3) is 5.69 Å². The molecular formula is C19H26N4OS. The second-order valence-corrected chi connectivity index (χ2v) is 7.91. The first-order valence-corrected chi connectivity index (χ1v) is 9.93. The molecule has 1 heterocycles. The molecule has 1 aromatic carbocycles. The SMILES string of the molecule is Cc1ccccc1-n1c(C)nnc1SCC(=O)NC1CCC(C)CC1. The molecule has 0 saturated heterocycles. The number of carbonyl (C=O) groups excluding carboxylic acids is 1. The largest absolute Gasteiger partial charge is 0.353 e. The summed E-state index contributed by atoms with van der Waals surface area (Å²) in [5, 5.41) is 12.4. The van der Waals surface area contributed by atoms with Crippen LogP contribution in [0.5, 0.6) is 0 Å². The van der Waals surface area contributed by atoms with E-state index in [1.165, 1.54) is 24.6 Å². The number of carbonyl (C=O) groups is 1. The summed E-state index contributed by atoms with van der Waals surface area (Å²) in [4.78, 5) is 12.3. The van der Waals surface area contributed by atoms with E-state index in [0.717, 1.165) is 41.0 Å². The van der Waals surface area contributed by atoms with Crippen molar-refractivity contribution in [2.24, 2.45) is 5.92 Å². The van der Waals surface area contributed by atoms with Gasteiger partial charge in [0.25, 0.3) is 0 Å². The number of nitrogens with zero attached hydrogens (tertiary/aromatic N) is 3. The first-order valence-electron chi connectivity index (χ1n) is 8.94. The van der Waals surface area contributed by atoms with Crippen LogP contribution in [0.1, 0.15) is 44.0 Å². The molecule has 1 saturated carbocycles. The maximum Gasteiger partial charge on any atom is 0.230 e. The lowest BCUT2D eigenvalue weighted by Gasteiger charge is -2.26. The summed E-state index contributed by atoms with van der Waals surface area (Å²) in [5.41, 5.74) is 2.22. The average molecular weight is 359 g/mol. The summed E-state index contributed by atoms with van der Waals surface area (Å²) in [7, 11) is 0. The molecular weight excluding hydrogens is 332 g/mol. The molecule has 0 unspecified atom stereocenters. The Morgan fingerprint density at radius 2 is 1.92 bits per heavy atom. The Labute approximate surface area is 153 Å². The molecule has 6 heteroatoms. The van der Waals surface area contributed by atoms with Crippen LogP contribution in [0.4, 0.5) is 0 Å². The van der Waals surface area contributed by atoms with Crippen molar-refractivity contribution in [2.75, 3.05) is 5.75 Å². The van der Waals surface area contributed by atoms with Gasteiger partial charge in [0.1, 0.15) is 5.82 Å². The number of para-hydroxylation sites is 1. The van der Waals surface area contributed by atoms with Crippen LogP contribution < -0.4 is 5.32 Å². The quantitative estimate of drug-likeness (QED) is 0.829. The highest BCUT2D eigenvalue weighted by molar-refractivity contribution is 7.99. The van der Waals surface area contributed by atoms with Crippen LogP contribution in [0.15, 0.2) is 29.4 Å². The molecule has 0 atom stereocenters. The molecule has 25 heavy (non-hydrogen) atoms. The van der Waals surface area contributed by atoms with E-state index in [0.29, 0.717) is 11.8 Å². The highest BCUT2D eigenvalue weighted by atomic mass is 32.2. The lowest BCUT2D eigenvalue weighted by atomic mass is 9.87. The summed E-state index contributed by atoms with van der Waals surface area (Å²) in [5.74, 6) is 2.08. The van der Waals surface area contributed by atoms with E-state index in [4.69, 9.17) is 0 Å². The van der Waals surface area contributed by atoms with E-state index >= 15 is 0 Å². The number of hydrogen-bond donors (Lipinski definition) is 1. The van der Waals surface area contributed by atoms with Gasteiger partial charge in [-0.2, -0.15) is 0 Å². The molecule has 3 rings (SSSR count). The van der Waals surface area contributed by atoms with Gasteiger partial charge in [0.2, 0.25) is 5.91 Å². The van der Waals surface area contributed by atoms with E-state index in [1.807, 2.05) is 23.6 Å². The number of aromatic nitrogens is 3. The topological polar surface area (TPSA) is 59.8 Å². The Hall–Kier alpha value is -1.82. The maximum absolute atomic E-state index is 12.3. The van der Waals surface area contributed by atoms with Gasteiger partial charge in [-0.1, -0.05) is 36.9 Å². The van der Waals surface area contributed by atoms with E-state index in [-0.39, 0.29) is 5.91 Å². The molecule has 5 nitrogen and oxygen atoms in total. The lowest BCUT2D eigenvalue weighted by molar-refractivity contribution is -0.119. The number of rotatable bonds is 5. The van der Waals surface area contributed by atoms with Crippen molar-refractivity contribution < 1.29 is 4.79 Å². The standard InChI is InChI=1S/C19H26N4OS/c1-13-8-10-16(11-9-13)20-18(24)12-25-19-22-21-15(3)23(19)17-7-5-4-6-14(17)2/h4-7,13,16H,8-12H2,1-3H3,(H,20,24). The van der Waals surface area contributed by atoms with Crippen LogP contribution in [0.2, 0.25) is 0 Å². The van der Waals surface area contributed by atoms with Crippen molar-refractivity contribution in [3.63, 3.8) is 0 Å². The molecule has 1 aliphatic rings. The molecule has 1 aliphatic carbocycles. The van der Waals surface area contributed by atoms with Crippen molar-refractivity contribution in [2.45, 2.75) is 57.7 Å². The summed E-state index contributed by atoms with van der Waals surface area (Å²) in [6, 6.07) is 8.48. The van der Waals surface area contributed by atoms with Crippen molar-refractivity contribution in [1.29, 1.82) is 0 Å². The predicted molar refractivity (Wildman–Crippen MR) is 101 cm³/mol. The maximum atomic E-state index is 12.3. The fraction of sp³-hybridized carbons (Fsp3) is 0.526. The van der Waals surface area contributed by atoms with Gasteiger partial charge >= 0.3 is 0 Å².